The summed E-state index contributed by atoms with van der Waals surface area (Å²) in [6, 6.07) is 5.69. The lowest BCUT2D eigenvalue weighted by Crippen LogP contribution is -2.43. The van der Waals surface area contributed by atoms with Crippen LogP contribution < -0.4 is 5.73 Å². The minimum absolute atomic E-state index is 0.0901. The first-order valence-corrected chi connectivity index (χ1v) is 9.57. The molecule has 1 aromatic rings. The predicted molar refractivity (Wildman–Crippen MR) is 86.3 cm³/mol. The van der Waals surface area contributed by atoms with Crippen LogP contribution in [0.1, 0.15) is 43.8 Å². The summed E-state index contributed by atoms with van der Waals surface area (Å²) < 4.78 is 25.1. The zero-order valence-electron chi connectivity index (χ0n) is 13.1. The van der Waals surface area contributed by atoms with Crippen LogP contribution in [0.5, 0.6) is 0 Å². The molecule has 130 valence electrons. The molecule has 1 saturated carbocycles. The van der Waals surface area contributed by atoms with Gasteiger partial charge in [-0.1, -0.05) is 31.4 Å². The molecule has 5 N–H and O–H groups in total. The first-order valence-electron chi connectivity index (χ1n) is 7.92. The molecule has 2 rings (SSSR count). The minimum Gasteiger partial charge on any atom is -0.383 e. The molecule has 1 aromatic carbocycles. The van der Waals surface area contributed by atoms with Crippen LogP contribution in [0, 0.1) is 5.92 Å². The van der Waals surface area contributed by atoms with Gasteiger partial charge in [0, 0.05) is 6.54 Å². The minimum atomic E-state index is -3.47. The van der Waals surface area contributed by atoms with Gasteiger partial charge >= 0.3 is 0 Å². The molecule has 0 spiro atoms. The maximum Gasteiger partial charge on any atom is 0.206 e. The Morgan fingerprint density at radius 3 is 2.48 bits per heavy atom. The smallest absolute Gasteiger partial charge is 0.206 e. The summed E-state index contributed by atoms with van der Waals surface area (Å²) in [4.78, 5) is 0.0902. The standard InChI is InChI=1S/C16H25NO5S/c17-11-16(19,20)15(18)13-7-4-8-14(9-13)23(21,22)10-12-5-2-1-3-6-12/h4,7-9,12,15,18-20H,1-3,5-6,10-11,17H2. The number of hydrogen-bond donors (Lipinski definition) is 4. The van der Waals surface area contributed by atoms with Gasteiger partial charge in [-0.25, -0.2) is 8.42 Å². The fraction of sp³-hybridized carbons (Fsp3) is 0.625. The number of rotatable bonds is 6. The molecular weight excluding hydrogens is 318 g/mol. The highest BCUT2D eigenvalue weighted by Gasteiger charge is 2.33. The Morgan fingerprint density at radius 1 is 1.22 bits per heavy atom. The topological polar surface area (TPSA) is 121 Å². The molecule has 0 saturated heterocycles. The number of nitrogens with two attached hydrogens (primary N) is 1. The second-order valence-corrected chi connectivity index (χ2v) is 8.38. The maximum atomic E-state index is 12.6. The quantitative estimate of drug-likeness (QED) is 0.565. The van der Waals surface area contributed by atoms with Crippen LogP contribution in [0.3, 0.4) is 0 Å². The van der Waals surface area contributed by atoms with E-state index in [1.165, 1.54) is 24.3 Å². The van der Waals surface area contributed by atoms with Crippen LogP contribution in [0.25, 0.3) is 0 Å². The van der Waals surface area contributed by atoms with Crippen molar-refractivity contribution in [2.24, 2.45) is 11.7 Å². The molecule has 1 atom stereocenters. The Kier molecular flexibility index (Phi) is 5.80. The summed E-state index contributed by atoms with van der Waals surface area (Å²) in [6.07, 6.45) is 3.46. The highest BCUT2D eigenvalue weighted by molar-refractivity contribution is 7.91. The summed E-state index contributed by atoms with van der Waals surface area (Å²) >= 11 is 0. The van der Waals surface area contributed by atoms with Gasteiger partial charge in [0.15, 0.2) is 9.84 Å². The number of aliphatic hydroxyl groups is 3. The van der Waals surface area contributed by atoms with Gasteiger partial charge in [-0.15, -0.1) is 0 Å². The third-order valence-corrected chi connectivity index (χ3v) is 6.33. The highest BCUT2D eigenvalue weighted by atomic mass is 32.2. The normalized spacial score (nSPS) is 18.8. The molecule has 0 aliphatic heterocycles. The molecule has 0 amide bonds. The molecule has 1 fully saturated rings. The van der Waals surface area contributed by atoms with E-state index < -0.39 is 28.3 Å². The average molecular weight is 343 g/mol. The van der Waals surface area contributed by atoms with Crippen LogP contribution in [-0.2, 0) is 9.84 Å². The van der Waals surface area contributed by atoms with Gasteiger partial charge in [0.2, 0.25) is 5.79 Å². The predicted octanol–water partition coefficient (Wildman–Crippen LogP) is 0.714. The van der Waals surface area contributed by atoms with Crippen molar-refractivity contribution in [2.45, 2.75) is 48.9 Å². The fourth-order valence-electron chi connectivity index (χ4n) is 3.02. The number of sulfone groups is 1. The Bertz CT molecular complexity index is 623. The Balaban J connectivity index is 2.21. The maximum absolute atomic E-state index is 12.6. The largest absolute Gasteiger partial charge is 0.383 e. The molecule has 0 bridgehead atoms. The van der Waals surface area contributed by atoms with Gasteiger partial charge in [0.05, 0.1) is 10.6 Å². The van der Waals surface area contributed by atoms with Gasteiger partial charge in [0.1, 0.15) is 6.10 Å². The van der Waals surface area contributed by atoms with E-state index in [1.54, 1.807) is 0 Å². The first kappa shape index (κ1) is 18.4. The van der Waals surface area contributed by atoms with Crippen LogP contribution in [0.4, 0.5) is 0 Å². The van der Waals surface area contributed by atoms with E-state index in [2.05, 4.69) is 0 Å². The number of aliphatic hydroxyl groups excluding tert-OH is 1. The van der Waals surface area contributed by atoms with E-state index >= 15 is 0 Å². The molecule has 7 heteroatoms. The number of hydrogen-bond acceptors (Lipinski definition) is 6. The lowest BCUT2D eigenvalue weighted by Gasteiger charge is -2.26. The molecular formula is C16H25NO5S. The van der Waals surface area contributed by atoms with Gasteiger partial charge in [-0.3, -0.25) is 0 Å². The average Bonchev–Trinajstić information content (AvgIpc) is 2.55. The second kappa shape index (κ2) is 7.27. The van der Waals surface area contributed by atoms with Gasteiger partial charge in [-0.05, 0) is 36.5 Å². The second-order valence-electron chi connectivity index (χ2n) is 6.34. The zero-order valence-corrected chi connectivity index (χ0v) is 13.9. The van der Waals surface area contributed by atoms with Gasteiger partial charge in [-0.2, -0.15) is 0 Å². The van der Waals surface area contributed by atoms with Crippen molar-refractivity contribution in [3.05, 3.63) is 29.8 Å². The van der Waals surface area contributed by atoms with Crippen molar-refractivity contribution in [1.82, 2.24) is 0 Å². The summed E-state index contributed by atoms with van der Waals surface area (Å²) in [5, 5.41) is 29.2. The van der Waals surface area contributed by atoms with Crippen molar-refractivity contribution in [2.75, 3.05) is 12.3 Å². The van der Waals surface area contributed by atoms with E-state index in [0.29, 0.717) is 0 Å². The van der Waals surface area contributed by atoms with Crippen molar-refractivity contribution in [3.63, 3.8) is 0 Å². The SMILES string of the molecule is NCC(O)(O)C(O)c1cccc(S(=O)(=O)CC2CCCCC2)c1. The summed E-state index contributed by atoms with van der Waals surface area (Å²) in [5.41, 5.74) is 5.33. The third-order valence-electron chi connectivity index (χ3n) is 4.45. The Morgan fingerprint density at radius 2 is 1.87 bits per heavy atom. The summed E-state index contributed by atoms with van der Waals surface area (Å²) in [5.74, 6) is -2.24. The van der Waals surface area contributed by atoms with Crippen LogP contribution in [0.2, 0.25) is 0 Å². The third kappa shape index (κ3) is 4.51. The fourth-order valence-corrected chi connectivity index (χ4v) is 4.76. The van der Waals surface area contributed by atoms with Crippen molar-refractivity contribution in [1.29, 1.82) is 0 Å². The molecule has 1 unspecified atom stereocenters. The van der Waals surface area contributed by atoms with Gasteiger partial charge in [0.25, 0.3) is 0 Å². The van der Waals surface area contributed by atoms with Gasteiger partial charge < -0.3 is 21.1 Å². The van der Waals surface area contributed by atoms with Crippen molar-refractivity contribution >= 4 is 9.84 Å². The molecule has 1 aliphatic carbocycles. The van der Waals surface area contributed by atoms with E-state index in [9.17, 15) is 23.7 Å². The lowest BCUT2D eigenvalue weighted by atomic mass is 9.91. The Labute approximate surface area is 136 Å². The van der Waals surface area contributed by atoms with Crippen LogP contribution in [0.15, 0.2) is 29.2 Å². The first-order chi connectivity index (χ1) is 10.8. The van der Waals surface area contributed by atoms with Crippen LogP contribution >= 0.6 is 0 Å². The highest BCUT2D eigenvalue weighted by Crippen LogP contribution is 2.29. The van der Waals surface area contributed by atoms with E-state index in [4.69, 9.17) is 5.73 Å². The zero-order chi connectivity index (χ0) is 17.1. The molecule has 0 aromatic heterocycles. The Hall–Kier alpha value is -0.990. The lowest BCUT2D eigenvalue weighted by molar-refractivity contribution is -0.219. The van der Waals surface area contributed by atoms with Crippen molar-refractivity contribution in [3.8, 4) is 0 Å². The summed E-state index contributed by atoms with van der Waals surface area (Å²) in [7, 11) is -3.47. The number of benzene rings is 1. The summed E-state index contributed by atoms with van der Waals surface area (Å²) in [6.45, 7) is -0.562. The van der Waals surface area contributed by atoms with Crippen LogP contribution in [-0.4, -0.2) is 41.8 Å². The van der Waals surface area contributed by atoms with E-state index in [1.807, 2.05) is 0 Å². The molecule has 0 radical (unpaired) electrons. The van der Waals surface area contributed by atoms with E-state index in [-0.39, 0.29) is 22.1 Å². The molecule has 0 heterocycles. The monoisotopic (exact) mass is 343 g/mol. The molecule has 23 heavy (non-hydrogen) atoms. The van der Waals surface area contributed by atoms with Crippen molar-refractivity contribution < 1.29 is 23.7 Å². The van der Waals surface area contributed by atoms with E-state index in [0.717, 1.165) is 32.1 Å². The molecule has 1 aliphatic rings. The molecule has 6 nitrogen and oxygen atoms in total.